The fraction of sp³-hybridized carbons (Fsp3) is 0. The Bertz CT molecular complexity index is 723. The molecule has 1 amide bonds. The molecule has 0 saturated heterocycles. The molecule has 0 radical (unpaired) electrons. The van der Waals surface area contributed by atoms with E-state index < -0.39 is 17.5 Å². The molecule has 0 aromatic heterocycles. The molecular weight excluding hydrogens is 264 g/mol. The number of nitriles is 1. The second-order valence-electron chi connectivity index (χ2n) is 3.97. The number of carbonyl (C=O) groups excluding carboxylic acids is 1. The first kappa shape index (κ1) is 13.5. The predicted molar refractivity (Wildman–Crippen MR) is 69.9 cm³/mol. The summed E-state index contributed by atoms with van der Waals surface area (Å²) in [7, 11) is 0. The summed E-state index contributed by atoms with van der Waals surface area (Å²) >= 11 is 0. The standard InChI is InChI=1S/C14H9F2N3O/c15-11-2-1-3-13(10(11)7-17)19-14(20)9-5-4-8(18)6-12(9)16/h1-6H,18H2,(H,19,20). The molecule has 20 heavy (non-hydrogen) atoms. The van der Waals surface area contributed by atoms with Crippen LogP contribution in [0.5, 0.6) is 0 Å². The van der Waals surface area contributed by atoms with Gasteiger partial charge >= 0.3 is 0 Å². The van der Waals surface area contributed by atoms with E-state index in [4.69, 9.17) is 11.0 Å². The highest BCUT2D eigenvalue weighted by Crippen LogP contribution is 2.20. The molecule has 3 N–H and O–H groups in total. The molecule has 0 aliphatic heterocycles. The molecule has 0 unspecified atom stereocenters. The van der Waals surface area contributed by atoms with E-state index in [0.717, 1.165) is 12.1 Å². The molecule has 100 valence electrons. The SMILES string of the molecule is N#Cc1c(F)cccc1NC(=O)c1ccc(N)cc1F. The zero-order valence-electron chi connectivity index (χ0n) is 10.2. The summed E-state index contributed by atoms with van der Waals surface area (Å²) in [6.45, 7) is 0. The third-order valence-electron chi connectivity index (χ3n) is 2.61. The minimum absolute atomic E-state index is 0.0197. The van der Waals surface area contributed by atoms with Gasteiger partial charge in [-0.05, 0) is 30.3 Å². The molecule has 2 aromatic carbocycles. The van der Waals surface area contributed by atoms with E-state index in [9.17, 15) is 13.6 Å². The van der Waals surface area contributed by atoms with Gasteiger partial charge in [0.1, 0.15) is 23.3 Å². The lowest BCUT2D eigenvalue weighted by Gasteiger charge is -2.08. The van der Waals surface area contributed by atoms with Crippen molar-refractivity contribution in [3.63, 3.8) is 0 Å². The Morgan fingerprint density at radius 2 is 1.95 bits per heavy atom. The second-order valence-corrected chi connectivity index (χ2v) is 3.97. The number of hydrogen-bond donors (Lipinski definition) is 2. The first-order valence-electron chi connectivity index (χ1n) is 5.58. The van der Waals surface area contributed by atoms with Gasteiger partial charge in [-0.3, -0.25) is 4.79 Å². The van der Waals surface area contributed by atoms with Crippen LogP contribution in [-0.4, -0.2) is 5.91 Å². The van der Waals surface area contributed by atoms with E-state index in [1.165, 1.54) is 24.3 Å². The van der Waals surface area contributed by atoms with E-state index in [1.54, 1.807) is 6.07 Å². The number of nitrogens with two attached hydrogens (primary N) is 1. The molecule has 6 heteroatoms. The molecular formula is C14H9F2N3O. The van der Waals surface area contributed by atoms with E-state index in [-0.39, 0.29) is 22.5 Å². The van der Waals surface area contributed by atoms with Crippen LogP contribution in [0, 0.1) is 23.0 Å². The van der Waals surface area contributed by atoms with Gasteiger partial charge in [-0.1, -0.05) is 6.07 Å². The number of nitrogens with one attached hydrogen (secondary N) is 1. The zero-order valence-corrected chi connectivity index (χ0v) is 10.2. The van der Waals surface area contributed by atoms with Crippen molar-refractivity contribution in [1.29, 1.82) is 5.26 Å². The molecule has 0 spiro atoms. The molecule has 0 fully saturated rings. The predicted octanol–water partition coefficient (Wildman–Crippen LogP) is 2.67. The van der Waals surface area contributed by atoms with Crippen LogP contribution in [-0.2, 0) is 0 Å². The molecule has 0 bridgehead atoms. The van der Waals surface area contributed by atoms with Crippen molar-refractivity contribution in [3.05, 3.63) is 59.2 Å². The van der Waals surface area contributed by atoms with Crippen molar-refractivity contribution >= 4 is 17.3 Å². The highest BCUT2D eigenvalue weighted by molar-refractivity contribution is 6.05. The van der Waals surface area contributed by atoms with Crippen molar-refractivity contribution in [2.24, 2.45) is 0 Å². The quantitative estimate of drug-likeness (QED) is 0.825. The fourth-order valence-electron chi connectivity index (χ4n) is 1.65. The fourth-order valence-corrected chi connectivity index (χ4v) is 1.65. The number of amides is 1. The van der Waals surface area contributed by atoms with Gasteiger partial charge in [0.05, 0.1) is 11.3 Å². The van der Waals surface area contributed by atoms with Gasteiger partial charge in [0, 0.05) is 5.69 Å². The maximum Gasteiger partial charge on any atom is 0.258 e. The van der Waals surface area contributed by atoms with Gasteiger partial charge in [0.15, 0.2) is 0 Å². The molecule has 2 rings (SSSR count). The highest BCUT2D eigenvalue weighted by Gasteiger charge is 2.15. The van der Waals surface area contributed by atoms with Crippen molar-refractivity contribution < 1.29 is 13.6 Å². The van der Waals surface area contributed by atoms with Gasteiger partial charge in [-0.25, -0.2) is 8.78 Å². The maximum absolute atomic E-state index is 13.6. The summed E-state index contributed by atoms with van der Waals surface area (Å²) in [6.07, 6.45) is 0. The molecule has 4 nitrogen and oxygen atoms in total. The zero-order chi connectivity index (χ0) is 14.7. The number of nitrogens with zero attached hydrogens (tertiary/aromatic N) is 1. The normalized spacial score (nSPS) is 9.85. The molecule has 0 aliphatic carbocycles. The topological polar surface area (TPSA) is 78.9 Å². The number of benzene rings is 2. The van der Waals surface area contributed by atoms with Gasteiger partial charge in [0.2, 0.25) is 0 Å². The van der Waals surface area contributed by atoms with E-state index >= 15 is 0 Å². The number of hydrogen-bond acceptors (Lipinski definition) is 3. The van der Waals surface area contributed by atoms with Crippen molar-refractivity contribution in [3.8, 4) is 6.07 Å². The summed E-state index contributed by atoms with van der Waals surface area (Å²) in [6, 6.07) is 9.02. The smallest absolute Gasteiger partial charge is 0.258 e. The van der Waals surface area contributed by atoms with Crippen LogP contribution in [0.1, 0.15) is 15.9 Å². The number of anilines is 2. The lowest BCUT2D eigenvalue weighted by Crippen LogP contribution is -2.15. The third-order valence-corrected chi connectivity index (χ3v) is 2.61. The molecule has 0 heterocycles. The van der Waals surface area contributed by atoms with Crippen molar-refractivity contribution in [1.82, 2.24) is 0 Å². The Kier molecular flexibility index (Phi) is 3.62. The van der Waals surface area contributed by atoms with Crippen molar-refractivity contribution in [2.45, 2.75) is 0 Å². The first-order valence-corrected chi connectivity index (χ1v) is 5.58. The van der Waals surface area contributed by atoms with Crippen LogP contribution >= 0.6 is 0 Å². The Hall–Kier alpha value is -2.94. The van der Waals surface area contributed by atoms with Crippen LogP contribution in [0.4, 0.5) is 20.2 Å². The minimum atomic E-state index is -0.794. The lowest BCUT2D eigenvalue weighted by molar-refractivity contribution is 0.102. The monoisotopic (exact) mass is 273 g/mol. The Morgan fingerprint density at radius 1 is 1.20 bits per heavy atom. The number of nitrogen functional groups attached to an aromatic ring is 1. The Balaban J connectivity index is 2.33. The summed E-state index contributed by atoms with van der Waals surface area (Å²) in [5.74, 6) is -2.34. The van der Waals surface area contributed by atoms with Gasteiger partial charge < -0.3 is 11.1 Å². The van der Waals surface area contributed by atoms with E-state index in [0.29, 0.717) is 0 Å². The molecule has 0 aliphatic rings. The van der Waals surface area contributed by atoms with Gasteiger partial charge in [0.25, 0.3) is 5.91 Å². The number of carbonyl (C=O) groups is 1. The Morgan fingerprint density at radius 3 is 2.60 bits per heavy atom. The van der Waals surface area contributed by atoms with Crippen LogP contribution < -0.4 is 11.1 Å². The highest BCUT2D eigenvalue weighted by atomic mass is 19.1. The average molecular weight is 273 g/mol. The molecule has 0 atom stereocenters. The van der Waals surface area contributed by atoms with Gasteiger partial charge in [-0.2, -0.15) is 5.26 Å². The first-order chi connectivity index (χ1) is 9.52. The van der Waals surface area contributed by atoms with Crippen LogP contribution in [0.15, 0.2) is 36.4 Å². The summed E-state index contributed by atoms with van der Waals surface area (Å²) in [4.78, 5) is 11.9. The van der Waals surface area contributed by atoms with Crippen molar-refractivity contribution in [2.75, 3.05) is 11.1 Å². The van der Waals surface area contributed by atoms with Crippen LogP contribution in [0.3, 0.4) is 0 Å². The number of rotatable bonds is 2. The lowest BCUT2D eigenvalue weighted by atomic mass is 10.1. The third kappa shape index (κ3) is 2.57. The Labute approximate surface area is 113 Å². The number of halogens is 2. The summed E-state index contributed by atoms with van der Waals surface area (Å²) in [5.41, 5.74) is 4.99. The van der Waals surface area contributed by atoms with Crippen LogP contribution in [0.25, 0.3) is 0 Å². The summed E-state index contributed by atoms with van der Waals surface area (Å²) < 4.78 is 27.0. The molecule has 0 saturated carbocycles. The second kappa shape index (κ2) is 5.36. The maximum atomic E-state index is 13.6. The van der Waals surface area contributed by atoms with E-state index in [1.807, 2.05) is 0 Å². The minimum Gasteiger partial charge on any atom is -0.399 e. The average Bonchev–Trinajstić information content (AvgIpc) is 2.38. The van der Waals surface area contributed by atoms with Gasteiger partial charge in [-0.15, -0.1) is 0 Å². The van der Waals surface area contributed by atoms with E-state index in [2.05, 4.69) is 5.32 Å². The molecule has 2 aromatic rings. The summed E-state index contributed by atoms with van der Waals surface area (Å²) in [5, 5.41) is 11.1. The largest absolute Gasteiger partial charge is 0.399 e. The van der Waals surface area contributed by atoms with Crippen LogP contribution in [0.2, 0.25) is 0 Å².